The summed E-state index contributed by atoms with van der Waals surface area (Å²) in [5.41, 5.74) is 4.96. The number of nitrogens with one attached hydrogen (secondary N) is 1. The number of rotatable bonds is 2. The first kappa shape index (κ1) is 14.8. The lowest BCUT2D eigenvalue weighted by Gasteiger charge is -2.32. The lowest BCUT2D eigenvalue weighted by Crippen LogP contribution is -2.40. The normalized spacial score (nSPS) is 26.3. The van der Waals surface area contributed by atoms with Crippen LogP contribution < -0.4 is 11.1 Å². The van der Waals surface area contributed by atoms with Gasteiger partial charge in [0.2, 0.25) is 0 Å². The second-order valence-corrected chi connectivity index (χ2v) is 5.79. The van der Waals surface area contributed by atoms with Crippen LogP contribution in [-0.4, -0.2) is 11.9 Å². The molecule has 0 bridgehead atoms. The van der Waals surface area contributed by atoms with Gasteiger partial charge < -0.3 is 11.1 Å². The Labute approximate surface area is 117 Å². The molecule has 5 heteroatoms. The van der Waals surface area contributed by atoms with E-state index >= 15 is 0 Å². The molecule has 1 aromatic carbocycles. The van der Waals surface area contributed by atoms with E-state index in [-0.39, 0.29) is 17.3 Å². The van der Waals surface area contributed by atoms with Gasteiger partial charge in [-0.2, -0.15) is 0 Å². The Hall–Kier alpha value is -1.65. The van der Waals surface area contributed by atoms with E-state index in [1.807, 2.05) is 0 Å². The molecule has 1 saturated carbocycles. The lowest BCUT2D eigenvalue weighted by atomic mass is 9.79. The molecule has 1 aliphatic rings. The first-order chi connectivity index (χ1) is 9.38. The zero-order valence-corrected chi connectivity index (χ0v) is 11.7. The summed E-state index contributed by atoms with van der Waals surface area (Å²) in [7, 11) is 0. The third-order valence-corrected chi connectivity index (χ3v) is 4.26. The molecule has 0 radical (unpaired) electrons. The Kier molecular flexibility index (Phi) is 4.26. The van der Waals surface area contributed by atoms with Gasteiger partial charge in [-0.3, -0.25) is 4.79 Å². The molecule has 0 aliphatic heterocycles. The van der Waals surface area contributed by atoms with Gasteiger partial charge in [0.1, 0.15) is 11.6 Å². The predicted octanol–water partition coefficient (Wildman–Crippen LogP) is 3.10. The molecule has 1 aliphatic carbocycles. The number of nitrogens with two attached hydrogens (primary N) is 1. The highest BCUT2D eigenvalue weighted by Crippen LogP contribution is 2.29. The molecule has 3 nitrogen and oxygen atoms in total. The number of nitrogen functional groups attached to an aromatic ring is 1. The van der Waals surface area contributed by atoms with Crippen molar-refractivity contribution >= 4 is 11.6 Å². The van der Waals surface area contributed by atoms with Crippen LogP contribution in [0.5, 0.6) is 0 Å². The molecule has 0 saturated heterocycles. The van der Waals surface area contributed by atoms with Gasteiger partial charge in [-0.25, -0.2) is 8.78 Å². The smallest absolute Gasteiger partial charge is 0.254 e. The molecule has 110 valence electrons. The summed E-state index contributed by atoms with van der Waals surface area (Å²) in [5.74, 6) is -1.09. The monoisotopic (exact) mass is 282 g/mol. The zero-order valence-electron chi connectivity index (χ0n) is 11.7. The maximum absolute atomic E-state index is 13.6. The summed E-state index contributed by atoms with van der Waals surface area (Å²) < 4.78 is 26.7. The Bertz CT molecular complexity index is 519. The van der Waals surface area contributed by atoms with E-state index in [0.717, 1.165) is 25.3 Å². The van der Waals surface area contributed by atoms with Crippen molar-refractivity contribution in [1.82, 2.24) is 5.32 Å². The highest BCUT2D eigenvalue weighted by Gasteiger charge is 2.26. The van der Waals surface area contributed by atoms with E-state index in [1.165, 1.54) is 0 Å². The Morgan fingerprint density at radius 3 is 2.55 bits per heavy atom. The molecule has 3 N–H and O–H groups in total. The number of anilines is 1. The molecule has 0 heterocycles. The summed E-state index contributed by atoms with van der Waals surface area (Å²) in [5, 5.41) is 2.82. The minimum absolute atomic E-state index is 0.0411. The molecule has 1 aromatic rings. The van der Waals surface area contributed by atoms with Crippen LogP contribution in [0, 0.1) is 23.5 Å². The highest BCUT2D eigenvalue weighted by atomic mass is 19.1. The van der Waals surface area contributed by atoms with E-state index in [2.05, 4.69) is 19.2 Å². The molecule has 2 rings (SSSR count). The van der Waals surface area contributed by atoms with E-state index in [9.17, 15) is 13.6 Å². The largest absolute Gasteiger partial charge is 0.396 e. The molecular weight excluding hydrogens is 262 g/mol. The number of benzene rings is 1. The summed E-state index contributed by atoms with van der Waals surface area (Å²) in [6.07, 6.45) is 2.81. The number of amides is 1. The number of halogens is 2. The van der Waals surface area contributed by atoms with Crippen LogP contribution in [0.15, 0.2) is 12.1 Å². The van der Waals surface area contributed by atoms with Gasteiger partial charge in [-0.1, -0.05) is 13.8 Å². The van der Waals surface area contributed by atoms with Crippen molar-refractivity contribution in [1.29, 1.82) is 0 Å². The van der Waals surface area contributed by atoms with Crippen LogP contribution in [-0.2, 0) is 0 Å². The van der Waals surface area contributed by atoms with Gasteiger partial charge in [-0.05, 0) is 37.2 Å². The summed E-state index contributed by atoms with van der Waals surface area (Å²) in [4.78, 5) is 12.1. The van der Waals surface area contributed by atoms with Crippen molar-refractivity contribution in [2.75, 3.05) is 5.73 Å². The first-order valence-electron chi connectivity index (χ1n) is 6.94. The van der Waals surface area contributed by atoms with Crippen molar-refractivity contribution < 1.29 is 13.6 Å². The Morgan fingerprint density at radius 2 is 1.90 bits per heavy atom. The second-order valence-electron chi connectivity index (χ2n) is 5.79. The van der Waals surface area contributed by atoms with Gasteiger partial charge in [-0.15, -0.1) is 0 Å². The third-order valence-electron chi connectivity index (χ3n) is 4.26. The van der Waals surface area contributed by atoms with Crippen LogP contribution in [0.4, 0.5) is 14.5 Å². The van der Waals surface area contributed by atoms with Crippen LogP contribution in [0.1, 0.15) is 43.5 Å². The molecular formula is C15H20F2N2O. The van der Waals surface area contributed by atoms with Crippen LogP contribution in [0.2, 0.25) is 0 Å². The van der Waals surface area contributed by atoms with Gasteiger partial charge >= 0.3 is 0 Å². The van der Waals surface area contributed by atoms with Crippen LogP contribution in [0.3, 0.4) is 0 Å². The first-order valence-corrected chi connectivity index (χ1v) is 6.94. The van der Waals surface area contributed by atoms with Crippen molar-refractivity contribution in [2.24, 2.45) is 11.8 Å². The van der Waals surface area contributed by atoms with Crippen molar-refractivity contribution in [3.63, 3.8) is 0 Å². The highest BCUT2D eigenvalue weighted by molar-refractivity contribution is 5.95. The predicted molar refractivity (Wildman–Crippen MR) is 74.2 cm³/mol. The average Bonchev–Trinajstić information content (AvgIpc) is 2.38. The quantitative estimate of drug-likeness (QED) is 0.819. The second kappa shape index (κ2) is 5.77. The Morgan fingerprint density at radius 1 is 1.20 bits per heavy atom. The minimum atomic E-state index is -0.883. The molecule has 0 aromatic heterocycles. The van der Waals surface area contributed by atoms with Crippen molar-refractivity contribution in [3.8, 4) is 0 Å². The SMILES string of the molecule is CC1CCC(NC(=O)c2cc(N)c(F)cc2F)CC1C. The number of hydrogen-bond donors (Lipinski definition) is 2. The van der Waals surface area contributed by atoms with E-state index in [4.69, 9.17) is 5.73 Å². The van der Waals surface area contributed by atoms with Gasteiger partial charge in [0.15, 0.2) is 0 Å². The number of carbonyl (C=O) groups excluding carboxylic acids is 1. The van der Waals surface area contributed by atoms with Crippen LogP contribution >= 0.6 is 0 Å². The third kappa shape index (κ3) is 3.08. The maximum atomic E-state index is 13.6. The van der Waals surface area contributed by atoms with Gasteiger partial charge in [0.25, 0.3) is 5.91 Å². The summed E-state index contributed by atoms with van der Waals surface area (Å²) >= 11 is 0. The van der Waals surface area contributed by atoms with Crippen molar-refractivity contribution in [3.05, 3.63) is 29.3 Å². The molecule has 3 unspecified atom stereocenters. The molecule has 3 atom stereocenters. The fraction of sp³-hybridized carbons (Fsp3) is 0.533. The van der Waals surface area contributed by atoms with E-state index < -0.39 is 17.5 Å². The fourth-order valence-corrected chi connectivity index (χ4v) is 2.68. The Balaban J connectivity index is 2.07. The van der Waals surface area contributed by atoms with Crippen LogP contribution in [0.25, 0.3) is 0 Å². The summed E-state index contributed by atoms with van der Waals surface area (Å²) in [6, 6.07) is 1.74. The van der Waals surface area contributed by atoms with Gasteiger partial charge in [0, 0.05) is 12.1 Å². The fourth-order valence-electron chi connectivity index (χ4n) is 2.68. The number of hydrogen-bond acceptors (Lipinski definition) is 2. The van der Waals surface area contributed by atoms with Gasteiger partial charge in [0.05, 0.1) is 11.3 Å². The zero-order chi connectivity index (χ0) is 14.9. The maximum Gasteiger partial charge on any atom is 0.254 e. The average molecular weight is 282 g/mol. The minimum Gasteiger partial charge on any atom is -0.396 e. The lowest BCUT2D eigenvalue weighted by molar-refractivity contribution is 0.0906. The van der Waals surface area contributed by atoms with E-state index in [0.29, 0.717) is 17.9 Å². The van der Waals surface area contributed by atoms with Crippen molar-refractivity contribution in [2.45, 2.75) is 39.2 Å². The molecule has 20 heavy (non-hydrogen) atoms. The molecule has 1 amide bonds. The standard InChI is InChI=1S/C15H20F2N2O/c1-8-3-4-10(5-9(8)2)19-15(20)11-6-14(18)13(17)7-12(11)16/h6-10H,3-5,18H2,1-2H3,(H,19,20). The topological polar surface area (TPSA) is 55.1 Å². The molecule has 0 spiro atoms. The summed E-state index contributed by atoms with van der Waals surface area (Å²) in [6.45, 7) is 4.35. The van der Waals surface area contributed by atoms with E-state index in [1.54, 1.807) is 0 Å². The molecule has 1 fully saturated rings. The number of carbonyl (C=O) groups is 1.